The lowest BCUT2D eigenvalue weighted by Crippen LogP contribution is -2.55. The molecule has 2 aliphatic heterocycles. The first-order valence-corrected chi connectivity index (χ1v) is 7.50. The van der Waals surface area contributed by atoms with Gasteiger partial charge in [0.1, 0.15) is 6.04 Å². The van der Waals surface area contributed by atoms with E-state index in [4.69, 9.17) is 0 Å². The highest BCUT2D eigenvalue weighted by Gasteiger charge is 2.37. The minimum Gasteiger partial charge on any atom is -0.480 e. The standard InChI is InChI=1S/C16H20N2O3/c19-15(13-7-3-4-8-17-13)18-10-12-6-2-1-5-11(12)9-14(18)16(20)21/h1-2,5-6,13-14,17H,3-4,7-10H2,(H,20,21)/t13-,14-/m0/s1. The molecule has 112 valence electrons. The summed E-state index contributed by atoms with van der Waals surface area (Å²) in [5, 5.41) is 12.7. The smallest absolute Gasteiger partial charge is 0.326 e. The van der Waals surface area contributed by atoms with Crippen LogP contribution in [0.3, 0.4) is 0 Å². The van der Waals surface area contributed by atoms with Gasteiger partial charge < -0.3 is 15.3 Å². The maximum absolute atomic E-state index is 12.7. The maximum Gasteiger partial charge on any atom is 0.326 e. The molecule has 0 spiro atoms. The molecule has 5 nitrogen and oxygen atoms in total. The number of hydrogen-bond donors (Lipinski definition) is 2. The molecule has 0 aromatic heterocycles. The van der Waals surface area contributed by atoms with Gasteiger partial charge in [0.05, 0.1) is 6.04 Å². The van der Waals surface area contributed by atoms with E-state index in [0.717, 1.165) is 36.9 Å². The van der Waals surface area contributed by atoms with Gasteiger partial charge in [0.2, 0.25) is 5.91 Å². The van der Waals surface area contributed by atoms with Crippen molar-refractivity contribution in [3.05, 3.63) is 35.4 Å². The van der Waals surface area contributed by atoms with Crippen molar-refractivity contribution < 1.29 is 14.7 Å². The zero-order chi connectivity index (χ0) is 14.8. The minimum atomic E-state index is -0.923. The van der Waals surface area contributed by atoms with Gasteiger partial charge in [-0.1, -0.05) is 30.7 Å². The Morgan fingerprint density at radius 3 is 2.62 bits per heavy atom. The van der Waals surface area contributed by atoms with Gasteiger partial charge in [-0.15, -0.1) is 0 Å². The van der Waals surface area contributed by atoms with Crippen molar-refractivity contribution in [2.75, 3.05) is 6.54 Å². The second-order valence-electron chi connectivity index (χ2n) is 5.80. The van der Waals surface area contributed by atoms with Crippen molar-refractivity contribution in [2.45, 2.75) is 44.3 Å². The summed E-state index contributed by atoms with van der Waals surface area (Å²) in [6, 6.07) is 6.79. The fourth-order valence-corrected chi connectivity index (χ4v) is 3.24. The number of carboxylic acid groups (broad SMARTS) is 1. The SMILES string of the molecule is O=C(O)[C@@H]1Cc2ccccc2CN1C(=O)[C@@H]1CCCCN1. The Morgan fingerprint density at radius 2 is 1.95 bits per heavy atom. The van der Waals surface area contributed by atoms with Crippen LogP contribution in [0.1, 0.15) is 30.4 Å². The van der Waals surface area contributed by atoms with Gasteiger partial charge >= 0.3 is 5.97 Å². The summed E-state index contributed by atoms with van der Waals surface area (Å²) >= 11 is 0. The highest BCUT2D eigenvalue weighted by atomic mass is 16.4. The van der Waals surface area contributed by atoms with Gasteiger partial charge in [-0.2, -0.15) is 0 Å². The third-order valence-electron chi connectivity index (χ3n) is 4.43. The first-order chi connectivity index (χ1) is 10.2. The van der Waals surface area contributed by atoms with E-state index < -0.39 is 12.0 Å². The number of rotatable bonds is 2. The van der Waals surface area contributed by atoms with Crippen LogP contribution in [0, 0.1) is 0 Å². The Bertz CT molecular complexity index is 552. The van der Waals surface area contributed by atoms with Gasteiger partial charge in [-0.25, -0.2) is 4.79 Å². The van der Waals surface area contributed by atoms with E-state index in [1.165, 1.54) is 4.90 Å². The number of nitrogens with zero attached hydrogens (tertiary/aromatic N) is 1. The monoisotopic (exact) mass is 288 g/mol. The number of carbonyl (C=O) groups is 2. The molecule has 2 heterocycles. The van der Waals surface area contributed by atoms with Gasteiger partial charge in [0.25, 0.3) is 0 Å². The first-order valence-electron chi connectivity index (χ1n) is 7.50. The molecule has 2 atom stereocenters. The van der Waals surface area contributed by atoms with Gasteiger partial charge in [0, 0.05) is 13.0 Å². The molecule has 1 saturated heterocycles. The molecule has 2 N–H and O–H groups in total. The topological polar surface area (TPSA) is 69.6 Å². The Balaban J connectivity index is 1.85. The molecule has 3 rings (SSSR count). The summed E-state index contributed by atoms with van der Waals surface area (Å²) in [4.78, 5) is 25.8. The van der Waals surface area contributed by atoms with E-state index in [2.05, 4.69) is 5.32 Å². The van der Waals surface area contributed by atoms with Gasteiger partial charge in [-0.05, 0) is 30.5 Å². The Morgan fingerprint density at radius 1 is 1.19 bits per heavy atom. The number of aliphatic carboxylic acids is 1. The van der Waals surface area contributed by atoms with Crippen LogP contribution in [0.15, 0.2) is 24.3 Å². The molecule has 0 radical (unpaired) electrons. The number of amides is 1. The molecule has 1 aromatic rings. The maximum atomic E-state index is 12.7. The van der Waals surface area contributed by atoms with Crippen LogP contribution < -0.4 is 5.32 Å². The normalized spacial score (nSPS) is 25.2. The zero-order valence-corrected chi connectivity index (χ0v) is 11.9. The Hall–Kier alpha value is -1.88. The Labute approximate surface area is 123 Å². The molecule has 5 heteroatoms. The minimum absolute atomic E-state index is 0.0726. The van der Waals surface area contributed by atoms with Crippen LogP contribution in [0.2, 0.25) is 0 Å². The number of carboxylic acids is 1. The number of carbonyl (C=O) groups excluding carboxylic acids is 1. The summed E-state index contributed by atoms with van der Waals surface area (Å²) in [5.74, 6) is -0.995. The Kier molecular flexibility index (Phi) is 3.92. The van der Waals surface area contributed by atoms with Crippen molar-refractivity contribution >= 4 is 11.9 Å². The predicted molar refractivity (Wildman–Crippen MR) is 77.8 cm³/mol. The molecule has 0 unspecified atom stereocenters. The lowest BCUT2D eigenvalue weighted by atomic mass is 9.92. The molecule has 1 fully saturated rings. The summed E-state index contributed by atoms with van der Waals surface area (Å²) < 4.78 is 0. The lowest BCUT2D eigenvalue weighted by molar-refractivity contribution is -0.152. The number of nitrogens with one attached hydrogen (secondary N) is 1. The second-order valence-corrected chi connectivity index (χ2v) is 5.80. The highest BCUT2D eigenvalue weighted by molar-refractivity contribution is 5.87. The number of benzene rings is 1. The molecule has 1 aromatic carbocycles. The zero-order valence-electron chi connectivity index (χ0n) is 11.9. The average Bonchev–Trinajstić information content (AvgIpc) is 2.53. The van der Waals surface area contributed by atoms with Gasteiger partial charge in [-0.3, -0.25) is 4.79 Å². The molecule has 0 aliphatic carbocycles. The van der Waals surface area contributed by atoms with Crippen molar-refractivity contribution in [1.82, 2.24) is 10.2 Å². The van der Waals surface area contributed by atoms with Crippen LogP contribution >= 0.6 is 0 Å². The summed E-state index contributed by atoms with van der Waals surface area (Å²) in [7, 11) is 0. The van der Waals surface area contributed by atoms with Crippen LogP contribution in [0.4, 0.5) is 0 Å². The van der Waals surface area contributed by atoms with Crippen molar-refractivity contribution in [2.24, 2.45) is 0 Å². The summed E-state index contributed by atoms with van der Waals surface area (Å²) in [6.07, 6.45) is 3.29. The molecule has 0 bridgehead atoms. The van der Waals surface area contributed by atoms with Crippen molar-refractivity contribution in [1.29, 1.82) is 0 Å². The van der Waals surface area contributed by atoms with Crippen molar-refractivity contribution in [3.8, 4) is 0 Å². The third kappa shape index (κ3) is 2.78. The van der Waals surface area contributed by atoms with E-state index in [-0.39, 0.29) is 11.9 Å². The van der Waals surface area contributed by atoms with Crippen LogP contribution in [-0.4, -0.2) is 40.5 Å². The van der Waals surface area contributed by atoms with Crippen LogP contribution in [-0.2, 0) is 22.6 Å². The summed E-state index contributed by atoms with van der Waals surface area (Å²) in [5.41, 5.74) is 2.09. The molecule has 2 aliphatic rings. The molecular weight excluding hydrogens is 268 g/mol. The van der Waals surface area contributed by atoms with E-state index in [9.17, 15) is 14.7 Å². The van der Waals surface area contributed by atoms with Crippen molar-refractivity contribution in [3.63, 3.8) is 0 Å². The quantitative estimate of drug-likeness (QED) is 0.857. The molecule has 21 heavy (non-hydrogen) atoms. The molecule has 0 saturated carbocycles. The first kappa shape index (κ1) is 14.1. The lowest BCUT2D eigenvalue weighted by Gasteiger charge is -2.37. The average molecular weight is 288 g/mol. The fourth-order valence-electron chi connectivity index (χ4n) is 3.24. The third-order valence-corrected chi connectivity index (χ3v) is 4.43. The largest absolute Gasteiger partial charge is 0.480 e. The number of hydrogen-bond acceptors (Lipinski definition) is 3. The van der Waals surface area contributed by atoms with Gasteiger partial charge in [0.15, 0.2) is 0 Å². The fraction of sp³-hybridized carbons (Fsp3) is 0.500. The van der Waals surface area contributed by atoms with E-state index in [0.29, 0.717) is 13.0 Å². The highest BCUT2D eigenvalue weighted by Crippen LogP contribution is 2.25. The second kappa shape index (κ2) is 5.85. The van der Waals surface area contributed by atoms with E-state index >= 15 is 0 Å². The van der Waals surface area contributed by atoms with E-state index in [1.54, 1.807) is 0 Å². The van der Waals surface area contributed by atoms with Crippen LogP contribution in [0.5, 0.6) is 0 Å². The van der Waals surface area contributed by atoms with E-state index in [1.807, 2.05) is 24.3 Å². The summed E-state index contributed by atoms with van der Waals surface area (Å²) in [6.45, 7) is 1.22. The number of piperidine rings is 1. The number of fused-ring (bicyclic) bond motifs is 1. The predicted octanol–water partition coefficient (Wildman–Crippen LogP) is 1.17. The molecular formula is C16H20N2O3. The van der Waals surface area contributed by atoms with Crippen LogP contribution in [0.25, 0.3) is 0 Å². The molecule has 1 amide bonds.